The first kappa shape index (κ1) is 15.1. The Bertz CT molecular complexity index is 572. The Labute approximate surface area is 131 Å². The van der Waals surface area contributed by atoms with Gasteiger partial charge in [0, 0.05) is 0 Å². The molecule has 1 aromatic rings. The minimum Gasteiger partial charge on any atom is -0.370 e. The summed E-state index contributed by atoms with van der Waals surface area (Å²) < 4.78 is 5.91. The molecule has 0 radical (unpaired) electrons. The Balaban J connectivity index is 1.80. The predicted octanol–water partition coefficient (Wildman–Crippen LogP) is 3.06. The topological polar surface area (TPSA) is 53.3 Å². The van der Waals surface area contributed by atoms with E-state index in [-0.39, 0.29) is 18.1 Å². The van der Waals surface area contributed by atoms with E-state index in [1.807, 2.05) is 42.2 Å². The van der Waals surface area contributed by atoms with Crippen molar-refractivity contribution in [1.82, 2.24) is 4.90 Å². The van der Waals surface area contributed by atoms with E-state index in [2.05, 4.69) is 6.07 Å². The van der Waals surface area contributed by atoms with Crippen LogP contribution in [0.2, 0.25) is 0 Å². The average molecular weight is 298 g/mol. The highest BCUT2D eigenvalue weighted by Gasteiger charge is 2.46. The van der Waals surface area contributed by atoms with Crippen molar-refractivity contribution >= 4 is 5.91 Å². The van der Waals surface area contributed by atoms with Gasteiger partial charge in [-0.3, -0.25) is 4.79 Å². The lowest BCUT2D eigenvalue weighted by Gasteiger charge is -2.41. The summed E-state index contributed by atoms with van der Waals surface area (Å²) in [5, 5.41) is 9.56. The first-order valence-corrected chi connectivity index (χ1v) is 8.05. The third-order valence-corrected chi connectivity index (χ3v) is 4.95. The first-order chi connectivity index (χ1) is 10.7. The van der Waals surface area contributed by atoms with Gasteiger partial charge in [0.15, 0.2) is 0 Å². The van der Waals surface area contributed by atoms with E-state index in [0.29, 0.717) is 26.0 Å². The zero-order valence-corrected chi connectivity index (χ0v) is 13.0. The Kier molecular flexibility index (Phi) is 4.17. The largest absolute Gasteiger partial charge is 0.370 e. The van der Waals surface area contributed by atoms with E-state index < -0.39 is 5.41 Å². The summed E-state index contributed by atoms with van der Waals surface area (Å²) >= 11 is 0. The van der Waals surface area contributed by atoms with Crippen LogP contribution in [0.5, 0.6) is 0 Å². The molecule has 1 aliphatic carbocycles. The summed E-state index contributed by atoms with van der Waals surface area (Å²) in [5.41, 5.74) is 0.289. The average Bonchev–Trinajstić information content (AvgIpc) is 3.06. The molecule has 0 spiro atoms. The number of ether oxygens (including phenoxy) is 1. The number of amides is 1. The Morgan fingerprint density at radius 3 is 2.64 bits per heavy atom. The van der Waals surface area contributed by atoms with Crippen molar-refractivity contribution < 1.29 is 9.53 Å². The highest BCUT2D eigenvalue weighted by atomic mass is 16.5. The van der Waals surface area contributed by atoms with Crippen LogP contribution in [0.4, 0.5) is 0 Å². The molecule has 3 rings (SSSR count). The van der Waals surface area contributed by atoms with E-state index >= 15 is 0 Å². The van der Waals surface area contributed by atoms with Crippen molar-refractivity contribution in [2.75, 3.05) is 13.2 Å². The van der Waals surface area contributed by atoms with Crippen LogP contribution in [-0.2, 0) is 9.53 Å². The fourth-order valence-corrected chi connectivity index (χ4v) is 3.54. The molecule has 22 heavy (non-hydrogen) atoms. The van der Waals surface area contributed by atoms with Crippen LogP contribution in [0.3, 0.4) is 0 Å². The van der Waals surface area contributed by atoms with Gasteiger partial charge >= 0.3 is 0 Å². The SMILES string of the molecule is C[C@@H]1CO[C@H](c2ccccc2)CN1C(=O)C1(C#N)CCCC1. The molecule has 1 aromatic carbocycles. The maximum atomic E-state index is 13.0. The van der Waals surface area contributed by atoms with E-state index in [0.717, 1.165) is 18.4 Å². The Morgan fingerprint density at radius 2 is 2.00 bits per heavy atom. The number of nitriles is 1. The summed E-state index contributed by atoms with van der Waals surface area (Å²) in [6.45, 7) is 3.05. The quantitative estimate of drug-likeness (QED) is 0.843. The molecule has 116 valence electrons. The molecule has 1 aliphatic heterocycles. The van der Waals surface area contributed by atoms with Crippen molar-refractivity contribution in [3.8, 4) is 6.07 Å². The molecule has 1 amide bonds. The molecule has 1 saturated carbocycles. The highest BCUT2D eigenvalue weighted by Crippen LogP contribution is 2.40. The van der Waals surface area contributed by atoms with Crippen molar-refractivity contribution in [1.29, 1.82) is 5.26 Å². The van der Waals surface area contributed by atoms with Gasteiger partial charge in [0.2, 0.25) is 5.91 Å². The molecule has 1 heterocycles. The molecule has 4 heteroatoms. The van der Waals surface area contributed by atoms with Gasteiger partial charge in [-0.2, -0.15) is 5.26 Å². The zero-order chi connectivity index (χ0) is 15.6. The van der Waals surface area contributed by atoms with Crippen LogP contribution in [0.25, 0.3) is 0 Å². The zero-order valence-electron chi connectivity index (χ0n) is 13.0. The number of carbonyl (C=O) groups is 1. The maximum Gasteiger partial charge on any atom is 0.243 e. The Hall–Kier alpha value is -1.86. The van der Waals surface area contributed by atoms with Crippen molar-refractivity contribution in [2.24, 2.45) is 5.41 Å². The van der Waals surface area contributed by atoms with Crippen LogP contribution >= 0.6 is 0 Å². The molecule has 2 aliphatic rings. The number of benzene rings is 1. The molecule has 0 bridgehead atoms. The standard InChI is InChI=1S/C18H22N2O2/c1-14-12-22-16(15-7-3-2-4-8-15)11-20(14)17(21)18(13-19)9-5-6-10-18/h2-4,7-8,14,16H,5-6,9-12H2,1H3/t14-,16+/m1/s1. The number of hydrogen-bond donors (Lipinski definition) is 0. The van der Waals surface area contributed by atoms with Gasteiger partial charge in [-0.05, 0) is 25.3 Å². The van der Waals surface area contributed by atoms with Crippen LogP contribution in [0, 0.1) is 16.7 Å². The highest BCUT2D eigenvalue weighted by molar-refractivity contribution is 5.86. The second-order valence-corrected chi connectivity index (χ2v) is 6.44. The smallest absolute Gasteiger partial charge is 0.243 e. The lowest BCUT2D eigenvalue weighted by molar-refractivity contribution is -0.152. The van der Waals surface area contributed by atoms with Gasteiger partial charge in [-0.25, -0.2) is 0 Å². The number of carbonyl (C=O) groups excluding carboxylic acids is 1. The molecule has 2 atom stereocenters. The van der Waals surface area contributed by atoms with Gasteiger partial charge in [-0.1, -0.05) is 43.2 Å². The van der Waals surface area contributed by atoms with Crippen LogP contribution in [0.1, 0.15) is 44.3 Å². The van der Waals surface area contributed by atoms with Gasteiger partial charge in [-0.15, -0.1) is 0 Å². The molecule has 1 saturated heterocycles. The summed E-state index contributed by atoms with van der Waals surface area (Å²) in [5.74, 6) is 0.00392. The fourth-order valence-electron chi connectivity index (χ4n) is 3.54. The summed E-state index contributed by atoms with van der Waals surface area (Å²) in [6, 6.07) is 12.3. The minimum atomic E-state index is -0.799. The van der Waals surface area contributed by atoms with E-state index in [9.17, 15) is 10.1 Å². The molecule has 4 nitrogen and oxygen atoms in total. The van der Waals surface area contributed by atoms with E-state index in [1.54, 1.807) is 0 Å². The minimum absolute atomic E-state index is 0.00392. The third-order valence-electron chi connectivity index (χ3n) is 4.95. The lowest BCUT2D eigenvalue weighted by atomic mass is 9.85. The van der Waals surface area contributed by atoms with Crippen molar-refractivity contribution in [3.63, 3.8) is 0 Å². The van der Waals surface area contributed by atoms with Crippen LogP contribution in [-0.4, -0.2) is 30.0 Å². The normalized spacial score (nSPS) is 27.4. The monoisotopic (exact) mass is 298 g/mol. The number of morpholine rings is 1. The molecular weight excluding hydrogens is 276 g/mol. The van der Waals surface area contributed by atoms with Crippen LogP contribution < -0.4 is 0 Å². The molecule has 0 unspecified atom stereocenters. The van der Waals surface area contributed by atoms with Gasteiger partial charge < -0.3 is 9.64 Å². The van der Waals surface area contributed by atoms with Crippen LogP contribution in [0.15, 0.2) is 30.3 Å². The maximum absolute atomic E-state index is 13.0. The summed E-state index contributed by atoms with van der Waals surface area (Å²) in [7, 11) is 0. The fraction of sp³-hybridized carbons (Fsp3) is 0.556. The van der Waals surface area contributed by atoms with E-state index in [1.165, 1.54) is 0 Å². The predicted molar refractivity (Wildman–Crippen MR) is 82.8 cm³/mol. The molecule has 0 aromatic heterocycles. The Morgan fingerprint density at radius 1 is 1.32 bits per heavy atom. The second kappa shape index (κ2) is 6.10. The van der Waals surface area contributed by atoms with Gasteiger partial charge in [0.05, 0.1) is 25.3 Å². The number of rotatable bonds is 2. The second-order valence-electron chi connectivity index (χ2n) is 6.44. The number of hydrogen-bond acceptors (Lipinski definition) is 3. The van der Waals surface area contributed by atoms with Crippen molar-refractivity contribution in [3.05, 3.63) is 35.9 Å². The summed E-state index contributed by atoms with van der Waals surface area (Å²) in [4.78, 5) is 14.9. The molecule has 2 fully saturated rings. The first-order valence-electron chi connectivity index (χ1n) is 8.05. The lowest BCUT2D eigenvalue weighted by Crippen LogP contribution is -2.52. The molecule has 0 N–H and O–H groups in total. The number of nitrogens with zero attached hydrogens (tertiary/aromatic N) is 2. The third kappa shape index (κ3) is 2.62. The molecular formula is C18H22N2O2. The van der Waals surface area contributed by atoms with Crippen molar-refractivity contribution in [2.45, 2.75) is 44.8 Å². The van der Waals surface area contributed by atoms with E-state index in [4.69, 9.17) is 4.74 Å². The van der Waals surface area contributed by atoms with Gasteiger partial charge in [0.25, 0.3) is 0 Å². The summed E-state index contributed by atoms with van der Waals surface area (Å²) in [6.07, 6.45) is 3.24. The van der Waals surface area contributed by atoms with Gasteiger partial charge in [0.1, 0.15) is 11.5 Å².